The molecule has 0 radical (unpaired) electrons. The Labute approximate surface area is 122 Å². The molecule has 20 heavy (non-hydrogen) atoms. The van der Waals surface area contributed by atoms with Crippen LogP contribution in [-0.2, 0) is 4.74 Å². The van der Waals surface area contributed by atoms with Crippen LogP contribution < -0.4 is 0 Å². The van der Waals surface area contributed by atoms with Crippen LogP contribution in [0.15, 0.2) is 35.5 Å². The first-order valence-corrected chi connectivity index (χ1v) is 7.52. The quantitative estimate of drug-likeness (QED) is 0.638. The van der Waals surface area contributed by atoms with E-state index in [1.807, 2.05) is 25.3 Å². The molecular formula is C15H16N2O2S. The number of hydrogen-bond donors (Lipinski definition) is 0. The summed E-state index contributed by atoms with van der Waals surface area (Å²) in [5.74, 6) is 0.218. The molecule has 0 fully saturated rings. The van der Waals surface area contributed by atoms with Crippen LogP contribution in [-0.4, -0.2) is 28.8 Å². The molecule has 5 heteroatoms. The predicted molar refractivity (Wildman–Crippen MR) is 79.9 cm³/mol. The monoisotopic (exact) mass is 288 g/mol. The molecular weight excluding hydrogens is 272 g/mol. The Morgan fingerprint density at radius 1 is 1.30 bits per heavy atom. The van der Waals surface area contributed by atoms with E-state index in [1.54, 1.807) is 18.7 Å². The van der Waals surface area contributed by atoms with E-state index in [0.717, 1.165) is 10.5 Å². The lowest BCUT2D eigenvalue weighted by Gasteiger charge is -2.07. The third kappa shape index (κ3) is 3.17. The fraction of sp³-hybridized carbons (Fsp3) is 0.267. The molecule has 0 saturated heterocycles. The van der Waals surface area contributed by atoms with Gasteiger partial charge in [-0.25, -0.2) is 14.8 Å². The highest BCUT2D eigenvalue weighted by Gasteiger charge is 2.11. The largest absolute Gasteiger partial charge is 0.462 e. The van der Waals surface area contributed by atoms with E-state index in [4.69, 9.17) is 4.74 Å². The van der Waals surface area contributed by atoms with Gasteiger partial charge >= 0.3 is 5.97 Å². The lowest BCUT2D eigenvalue weighted by molar-refractivity contribution is 0.0525. The van der Waals surface area contributed by atoms with Crippen molar-refractivity contribution in [3.63, 3.8) is 0 Å². The van der Waals surface area contributed by atoms with E-state index >= 15 is 0 Å². The second-order valence-corrected chi connectivity index (χ2v) is 5.07. The highest BCUT2D eigenvalue weighted by Crippen LogP contribution is 2.28. The number of carbonyl (C=O) groups excluding carboxylic acids is 1. The molecule has 0 bridgehead atoms. The number of aryl methyl sites for hydroxylation is 1. The van der Waals surface area contributed by atoms with Gasteiger partial charge in [-0.3, -0.25) is 0 Å². The number of thioether (sulfide) groups is 1. The zero-order valence-corrected chi connectivity index (χ0v) is 12.5. The molecule has 1 heterocycles. The summed E-state index contributed by atoms with van der Waals surface area (Å²) in [6, 6.07) is 6.13. The Morgan fingerprint density at radius 3 is 2.60 bits per heavy atom. The SMILES string of the molecule is CCOC(=O)c1cnc(-c2ccc(C)cc2SC)nc1. The van der Waals surface area contributed by atoms with Gasteiger partial charge in [0, 0.05) is 22.9 Å². The van der Waals surface area contributed by atoms with Crippen LogP contribution in [0.4, 0.5) is 0 Å². The maximum Gasteiger partial charge on any atom is 0.341 e. The standard InChI is InChI=1S/C15H16N2O2S/c1-4-19-15(18)11-8-16-14(17-9-11)12-6-5-10(2)7-13(12)20-3/h5-9H,4H2,1-3H3. The van der Waals surface area contributed by atoms with Gasteiger partial charge in [0.1, 0.15) is 0 Å². The Morgan fingerprint density at radius 2 is 2.00 bits per heavy atom. The molecule has 1 aromatic carbocycles. The molecule has 0 unspecified atom stereocenters. The van der Waals surface area contributed by atoms with Gasteiger partial charge in [-0.05, 0) is 37.8 Å². The topological polar surface area (TPSA) is 52.1 Å². The summed E-state index contributed by atoms with van der Waals surface area (Å²) in [5.41, 5.74) is 2.54. The lowest BCUT2D eigenvalue weighted by atomic mass is 10.1. The van der Waals surface area contributed by atoms with Gasteiger partial charge in [0.05, 0.1) is 12.2 Å². The van der Waals surface area contributed by atoms with Crippen LogP contribution in [0.2, 0.25) is 0 Å². The summed E-state index contributed by atoms with van der Waals surface area (Å²) < 4.78 is 4.91. The molecule has 0 aliphatic heterocycles. The van der Waals surface area contributed by atoms with Gasteiger partial charge < -0.3 is 4.74 Å². The van der Waals surface area contributed by atoms with Crippen molar-refractivity contribution in [3.8, 4) is 11.4 Å². The summed E-state index contributed by atoms with van der Waals surface area (Å²) in [4.78, 5) is 21.2. The number of rotatable bonds is 4. The number of aromatic nitrogens is 2. The van der Waals surface area contributed by atoms with Crippen molar-refractivity contribution in [3.05, 3.63) is 41.7 Å². The minimum absolute atomic E-state index is 0.342. The van der Waals surface area contributed by atoms with E-state index in [9.17, 15) is 4.79 Å². The number of esters is 1. The number of hydrogen-bond acceptors (Lipinski definition) is 5. The predicted octanol–water partition coefficient (Wildman–Crippen LogP) is 3.35. The average Bonchev–Trinajstić information content (AvgIpc) is 2.47. The molecule has 2 aromatic rings. The molecule has 0 atom stereocenters. The molecule has 0 N–H and O–H groups in total. The van der Waals surface area contributed by atoms with E-state index in [-0.39, 0.29) is 0 Å². The van der Waals surface area contributed by atoms with Crippen LogP contribution in [0.25, 0.3) is 11.4 Å². The van der Waals surface area contributed by atoms with Crippen LogP contribution in [0.5, 0.6) is 0 Å². The van der Waals surface area contributed by atoms with Gasteiger partial charge in [0.15, 0.2) is 5.82 Å². The fourth-order valence-electron chi connectivity index (χ4n) is 1.77. The molecule has 0 aliphatic carbocycles. The van der Waals surface area contributed by atoms with Crippen LogP contribution in [0.1, 0.15) is 22.8 Å². The molecule has 0 saturated carbocycles. The minimum Gasteiger partial charge on any atom is -0.462 e. The Bertz CT molecular complexity index is 612. The zero-order valence-electron chi connectivity index (χ0n) is 11.7. The molecule has 0 aliphatic rings. The van der Waals surface area contributed by atoms with Crippen molar-refractivity contribution in [2.75, 3.05) is 12.9 Å². The molecule has 104 valence electrons. The maximum atomic E-state index is 11.6. The minimum atomic E-state index is -0.395. The number of nitrogens with zero attached hydrogens (tertiary/aromatic N) is 2. The van der Waals surface area contributed by atoms with Gasteiger partial charge in [-0.1, -0.05) is 6.07 Å². The summed E-state index contributed by atoms with van der Waals surface area (Å²) >= 11 is 1.65. The average molecular weight is 288 g/mol. The first kappa shape index (κ1) is 14.5. The second kappa shape index (κ2) is 6.52. The molecule has 0 spiro atoms. The summed E-state index contributed by atoms with van der Waals surface area (Å²) in [5, 5.41) is 0. The Kier molecular flexibility index (Phi) is 4.74. The first-order valence-electron chi connectivity index (χ1n) is 6.30. The smallest absolute Gasteiger partial charge is 0.341 e. The van der Waals surface area contributed by atoms with Crippen molar-refractivity contribution in [2.45, 2.75) is 18.7 Å². The van der Waals surface area contributed by atoms with E-state index < -0.39 is 5.97 Å². The van der Waals surface area contributed by atoms with E-state index in [0.29, 0.717) is 18.0 Å². The highest BCUT2D eigenvalue weighted by molar-refractivity contribution is 7.98. The number of ether oxygens (including phenoxy) is 1. The summed E-state index contributed by atoms with van der Waals surface area (Å²) in [7, 11) is 0. The number of benzene rings is 1. The Hall–Kier alpha value is -1.88. The molecule has 1 aromatic heterocycles. The summed E-state index contributed by atoms with van der Waals surface area (Å²) in [6.07, 6.45) is 5.03. The molecule has 0 amide bonds. The van der Waals surface area contributed by atoms with E-state index in [2.05, 4.69) is 16.0 Å². The van der Waals surface area contributed by atoms with Crippen molar-refractivity contribution in [1.29, 1.82) is 0 Å². The number of carbonyl (C=O) groups is 1. The van der Waals surface area contributed by atoms with Crippen molar-refractivity contribution >= 4 is 17.7 Å². The normalized spacial score (nSPS) is 10.3. The zero-order chi connectivity index (χ0) is 14.5. The summed E-state index contributed by atoms with van der Waals surface area (Å²) in [6.45, 7) is 4.16. The first-order chi connectivity index (χ1) is 9.65. The maximum absolute atomic E-state index is 11.6. The van der Waals surface area contributed by atoms with Gasteiger partial charge in [-0.2, -0.15) is 0 Å². The van der Waals surface area contributed by atoms with Crippen LogP contribution in [0, 0.1) is 6.92 Å². The highest BCUT2D eigenvalue weighted by atomic mass is 32.2. The molecule has 4 nitrogen and oxygen atoms in total. The van der Waals surface area contributed by atoms with Crippen LogP contribution in [0.3, 0.4) is 0 Å². The van der Waals surface area contributed by atoms with Gasteiger partial charge in [-0.15, -0.1) is 11.8 Å². The van der Waals surface area contributed by atoms with Crippen molar-refractivity contribution in [2.24, 2.45) is 0 Å². The van der Waals surface area contributed by atoms with Gasteiger partial charge in [0.2, 0.25) is 0 Å². The Balaban J connectivity index is 2.33. The third-order valence-corrected chi connectivity index (χ3v) is 3.54. The van der Waals surface area contributed by atoms with Crippen molar-refractivity contribution < 1.29 is 9.53 Å². The molecule has 2 rings (SSSR count). The van der Waals surface area contributed by atoms with Crippen molar-refractivity contribution in [1.82, 2.24) is 9.97 Å². The van der Waals surface area contributed by atoms with Gasteiger partial charge in [0.25, 0.3) is 0 Å². The lowest BCUT2D eigenvalue weighted by Crippen LogP contribution is -2.06. The second-order valence-electron chi connectivity index (χ2n) is 4.22. The fourth-order valence-corrected chi connectivity index (χ4v) is 2.45. The third-order valence-electron chi connectivity index (χ3n) is 2.76. The van der Waals surface area contributed by atoms with E-state index in [1.165, 1.54) is 18.0 Å². The van der Waals surface area contributed by atoms with Crippen LogP contribution >= 0.6 is 11.8 Å².